The van der Waals surface area contributed by atoms with E-state index in [1.54, 1.807) is 12.4 Å². The topological polar surface area (TPSA) is 51.7 Å². The normalized spacial score (nSPS) is 18.2. The molecule has 1 unspecified atom stereocenters. The number of esters is 1. The number of piperidine rings is 1. The summed E-state index contributed by atoms with van der Waals surface area (Å²) >= 11 is 0. The maximum Gasteiger partial charge on any atom is 0.312 e. The molecule has 5 heteroatoms. The number of hydrogen-bond donors (Lipinski definition) is 0. The van der Waals surface area contributed by atoms with Gasteiger partial charge in [-0.15, -0.1) is 0 Å². The number of nitrogens with zero attached hydrogens (tertiary/aromatic N) is 2. The maximum atomic E-state index is 12.1. The Morgan fingerprint density at radius 2 is 2.14 bits per heavy atom. The first kappa shape index (κ1) is 16.7. The van der Waals surface area contributed by atoms with Gasteiger partial charge in [0.25, 0.3) is 0 Å². The molecule has 0 N–H and O–H groups in total. The van der Waals surface area contributed by atoms with Crippen LogP contribution in [0.15, 0.2) is 24.5 Å². The fourth-order valence-electron chi connectivity index (χ4n) is 3.00. The summed E-state index contributed by atoms with van der Waals surface area (Å²) in [5.41, 5.74) is 0. The highest BCUT2D eigenvalue weighted by Crippen LogP contribution is 2.27. The SMILES string of the molecule is COC(=O)C(COc1cccnc1)C1CCN(C(C)C)CC1. The van der Waals surface area contributed by atoms with Gasteiger partial charge in [0, 0.05) is 12.2 Å². The molecule has 1 aliphatic rings. The lowest BCUT2D eigenvalue weighted by molar-refractivity contribution is -0.149. The van der Waals surface area contributed by atoms with E-state index in [1.807, 2.05) is 12.1 Å². The van der Waals surface area contributed by atoms with Crippen molar-refractivity contribution in [3.63, 3.8) is 0 Å². The summed E-state index contributed by atoms with van der Waals surface area (Å²) in [6.45, 7) is 6.84. The highest BCUT2D eigenvalue weighted by atomic mass is 16.5. The van der Waals surface area contributed by atoms with Crippen LogP contribution in [0.4, 0.5) is 0 Å². The number of ether oxygens (including phenoxy) is 2. The Bertz CT molecular complexity index is 456. The Morgan fingerprint density at radius 3 is 2.68 bits per heavy atom. The van der Waals surface area contributed by atoms with Gasteiger partial charge in [-0.2, -0.15) is 0 Å². The highest BCUT2D eigenvalue weighted by Gasteiger charge is 2.33. The van der Waals surface area contributed by atoms with Crippen molar-refractivity contribution >= 4 is 5.97 Å². The Morgan fingerprint density at radius 1 is 1.41 bits per heavy atom. The van der Waals surface area contributed by atoms with Crippen molar-refractivity contribution in [1.29, 1.82) is 0 Å². The molecule has 1 atom stereocenters. The smallest absolute Gasteiger partial charge is 0.312 e. The molecule has 22 heavy (non-hydrogen) atoms. The molecule has 0 bridgehead atoms. The number of pyridine rings is 1. The standard InChI is InChI=1S/C17H26N2O3/c1-13(2)19-9-6-14(7-10-19)16(17(20)21-3)12-22-15-5-4-8-18-11-15/h4-5,8,11,13-14,16H,6-7,9-10,12H2,1-3H3. The fraction of sp³-hybridized carbons (Fsp3) is 0.647. The van der Waals surface area contributed by atoms with Gasteiger partial charge in [0.1, 0.15) is 12.4 Å². The van der Waals surface area contributed by atoms with Crippen molar-refractivity contribution in [1.82, 2.24) is 9.88 Å². The average molecular weight is 306 g/mol. The van der Waals surface area contributed by atoms with Crippen molar-refractivity contribution in [2.45, 2.75) is 32.7 Å². The van der Waals surface area contributed by atoms with Gasteiger partial charge in [0.05, 0.1) is 19.2 Å². The Hall–Kier alpha value is -1.62. The van der Waals surface area contributed by atoms with Gasteiger partial charge in [-0.05, 0) is 57.8 Å². The van der Waals surface area contributed by atoms with E-state index in [0.717, 1.165) is 25.9 Å². The molecular weight excluding hydrogens is 280 g/mol. The number of carbonyl (C=O) groups is 1. The predicted molar refractivity (Wildman–Crippen MR) is 84.7 cm³/mol. The van der Waals surface area contributed by atoms with Crippen LogP contribution in [0.3, 0.4) is 0 Å². The van der Waals surface area contributed by atoms with Gasteiger partial charge in [-0.25, -0.2) is 0 Å². The number of hydrogen-bond acceptors (Lipinski definition) is 5. The van der Waals surface area contributed by atoms with Gasteiger partial charge in [0.15, 0.2) is 0 Å². The van der Waals surface area contributed by atoms with E-state index in [4.69, 9.17) is 9.47 Å². The van der Waals surface area contributed by atoms with Gasteiger partial charge < -0.3 is 14.4 Å². The summed E-state index contributed by atoms with van der Waals surface area (Å²) in [6, 6.07) is 4.23. The third kappa shape index (κ3) is 4.44. The van der Waals surface area contributed by atoms with E-state index >= 15 is 0 Å². The van der Waals surface area contributed by atoms with Crippen LogP contribution >= 0.6 is 0 Å². The molecule has 122 valence electrons. The molecule has 2 heterocycles. The molecular formula is C17H26N2O3. The molecule has 0 amide bonds. The first-order valence-electron chi connectivity index (χ1n) is 7.96. The summed E-state index contributed by atoms with van der Waals surface area (Å²) in [4.78, 5) is 18.6. The summed E-state index contributed by atoms with van der Waals surface area (Å²) in [6.07, 6.45) is 5.38. The number of carbonyl (C=O) groups excluding carboxylic acids is 1. The van der Waals surface area contributed by atoms with Crippen LogP contribution in [0.2, 0.25) is 0 Å². The largest absolute Gasteiger partial charge is 0.491 e. The number of aromatic nitrogens is 1. The van der Waals surface area contributed by atoms with Crippen LogP contribution in [-0.4, -0.2) is 48.7 Å². The van der Waals surface area contributed by atoms with Crippen molar-refractivity contribution in [3.05, 3.63) is 24.5 Å². The van der Waals surface area contributed by atoms with Crippen LogP contribution in [0.25, 0.3) is 0 Å². The predicted octanol–water partition coefficient (Wildman–Crippen LogP) is 2.37. The second-order valence-electron chi connectivity index (χ2n) is 6.10. The van der Waals surface area contributed by atoms with Crippen LogP contribution in [-0.2, 0) is 9.53 Å². The quantitative estimate of drug-likeness (QED) is 0.755. The zero-order chi connectivity index (χ0) is 15.9. The Labute approximate surface area is 132 Å². The van der Waals surface area contributed by atoms with E-state index in [9.17, 15) is 4.79 Å². The average Bonchev–Trinajstić information content (AvgIpc) is 2.56. The van der Waals surface area contributed by atoms with E-state index < -0.39 is 0 Å². The summed E-state index contributed by atoms with van der Waals surface area (Å²) in [5, 5.41) is 0. The third-order valence-electron chi connectivity index (χ3n) is 4.44. The number of likely N-dealkylation sites (tertiary alicyclic amines) is 1. The molecule has 2 rings (SSSR count). The van der Waals surface area contributed by atoms with Crippen LogP contribution in [0.1, 0.15) is 26.7 Å². The third-order valence-corrected chi connectivity index (χ3v) is 4.44. The molecule has 0 aromatic carbocycles. The zero-order valence-corrected chi connectivity index (χ0v) is 13.7. The second-order valence-corrected chi connectivity index (χ2v) is 6.10. The van der Waals surface area contributed by atoms with Crippen LogP contribution in [0.5, 0.6) is 5.75 Å². The molecule has 5 nitrogen and oxygen atoms in total. The van der Waals surface area contributed by atoms with E-state index in [1.165, 1.54) is 7.11 Å². The molecule has 0 aliphatic carbocycles. The molecule has 1 saturated heterocycles. The minimum absolute atomic E-state index is 0.174. The summed E-state index contributed by atoms with van der Waals surface area (Å²) in [5.74, 6) is 0.626. The second kappa shape index (κ2) is 8.13. The van der Waals surface area contributed by atoms with Gasteiger partial charge in [-0.3, -0.25) is 9.78 Å². The van der Waals surface area contributed by atoms with Gasteiger partial charge >= 0.3 is 5.97 Å². The first-order chi connectivity index (χ1) is 10.6. The van der Waals surface area contributed by atoms with Crippen LogP contribution < -0.4 is 4.74 Å². The minimum Gasteiger partial charge on any atom is -0.491 e. The number of methoxy groups -OCH3 is 1. The molecule has 1 aromatic heterocycles. The van der Waals surface area contributed by atoms with Crippen molar-refractivity contribution in [3.8, 4) is 5.75 Å². The molecule has 1 aliphatic heterocycles. The molecule has 1 aromatic rings. The monoisotopic (exact) mass is 306 g/mol. The lowest BCUT2D eigenvalue weighted by atomic mass is 9.84. The van der Waals surface area contributed by atoms with E-state index in [0.29, 0.717) is 24.3 Å². The molecule has 0 spiro atoms. The first-order valence-corrected chi connectivity index (χ1v) is 7.96. The Kier molecular flexibility index (Phi) is 6.19. The molecule has 1 fully saturated rings. The van der Waals surface area contributed by atoms with Gasteiger partial charge in [-0.1, -0.05) is 0 Å². The van der Waals surface area contributed by atoms with Crippen molar-refractivity contribution in [2.75, 3.05) is 26.8 Å². The number of rotatable bonds is 6. The fourth-order valence-corrected chi connectivity index (χ4v) is 3.00. The summed E-state index contributed by atoms with van der Waals surface area (Å²) in [7, 11) is 1.45. The maximum absolute atomic E-state index is 12.1. The van der Waals surface area contributed by atoms with E-state index in [2.05, 4.69) is 23.7 Å². The van der Waals surface area contributed by atoms with E-state index in [-0.39, 0.29) is 11.9 Å². The van der Waals surface area contributed by atoms with Crippen molar-refractivity contribution in [2.24, 2.45) is 11.8 Å². The zero-order valence-electron chi connectivity index (χ0n) is 13.7. The molecule has 0 saturated carbocycles. The van der Waals surface area contributed by atoms with Crippen LogP contribution in [0, 0.1) is 11.8 Å². The minimum atomic E-state index is -0.209. The lowest BCUT2D eigenvalue weighted by Crippen LogP contribution is -2.42. The summed E-state index contributed by atoms with van der Waals surface area (Å²) < 4.78 is 10.7. The Balaban J connectivity index is 1.94. The lowest BCUT2D eigenvalue weighted by Gasteiger charge is -2.37. The van der Waals surface area contributed by atoms with Crippen molar-refractivity contribution < 1.29 is 14.3 Å². The molecule has 0 radical (unpaired) electrons. The highest BCUT2D eigenvalue weighted by molar-refractivity contribution is 5.72. The van der Waals surface area contributed by atoms with Gasteiger partial charge in [0.2, 0.25) is 0 Å².